The number of carbonyl (C=O) groups is 3. The van der Waals surface area contributed by atoms with Gasteiger partial charge in [0, 0.05) is 23.1 Å². The lowest BCUT2D eigenvalue weighted by atomic mass is 10.2. The Morgan fingerprint density at radius 1 is 1.44 bits per heavy atom. The van der Waals surface area contributed by atoms with Gasteiger partial charge in [0.15, 0.2) is 6.61 Å². The average molecular weight is 387 g/mol. The Balaban J connectivity index is 1.81. The summed E-state index contributed by atoms with van der Waals surface area (Å²) >= 11 is 7.16. The predicted octanol–water partition coefficient (Wildman–Crippen LogP) is 1.84. The molecule has 0 radical (unpaired) electrons. The Labute approximate surface area is 154 Å². The molecule has 0 aliphatic carbocycles. The lowest BCUT2D eigenvalue weighted by molar-refractivity contribution is -0.149. The molecule has 0 spiro atoms. The molecule has 7 nitrogen and oxygen atoms in total. The van der Waals surface area contributed by atoms with Gasteiger partial charge in [-0.15, -0.1) is 11.8 Å². The quantitative estimate of drug-likeness (QED) is 0.694. The van der Waals surface area contributed by atoms with Crippen LogP contribution in [0.15, 0.2) is 23.1 Å². The molecule has 0 bridgehead atoms. The molecule has 0 aromatic heterocycles. The molecule has 25 heavy (non-hydrogen) atoms. The lowest BCUT2D eigenvalue weighted by Gasteiger charge is -2.23. The molecule has 9 heteroatoms. The fourth-order valence-corrected chi connectivity index (χ4v) is 3.47. The zero-order valence-corrected chi connectivity index (χ0v) is 15.4. The molecule has 1 aromatic rings. The van der Waals surface area contributed by atoms with Gasteiger partial charge in [-0.1, -0.05) is 11.6 Å². The molecular weight excluding hydrogens is 368 g/mol. The van der Waals surface area contributed by atoms with Crippen LogP contribution in [-0.2, 0) is 23.9 Å². The maximum Gasteiger partial charge on any atom is 0.307 e. The van der Waals surface area contributed by atoms with Crippen molar-refractivity contribution in [2.75, 3.05) is 25.6 Å². The average Bonchev–Trinajstić information content (AvgIpc) is 2.54. The molecule has 2 N–H and O–H groups in total. The number of esters is 1. The third-order valence-corrected chi connectivity index (χ3v) is 4.81. The second kappa shape index (κ2) is 9.07. The normalized spacial score (nSPS) is 17.2. The molecule has 136 valence electrons. The summed E-state index contributed by atoms with van der Waals surface area (Å²) < 4.78 is 9.84. The van der Waals surface area contributed by atoms with E-state index in [1.54, 1.807) is 25.1 Å². The minimum atomic E-state index is -0.614. The van der Waals surface area contributed by atoms with E-state index >= 15 is 0 Å². The second-order valence-electron chi connectivity index (χ2n) is 5.52. The summed E-state index contributed by atoms with van der Waals surface area (Å²) in [6.45, 7) is 1.75. The van der Waals surface area contributed by atoms with Crippen molar-refractivity contribution in [2.45, 2.75) is 29.5 Å². The van der Waals surface area contributed by atoms with Crippen LogP contribution in [-0.4, -0.2) is 49.4 Å². The van der Waals surface area contributed by atoms with Crippen LogP contribution in [0.4, 0.5) is 5.69 Å². The van der Waals surface area contributed by atoms with E-state index in [1.165, 1.54) is 18.9 Å². The van der Waals surface area contributed by atoms with Gasteiger partial charge in [0.2, 0.25) is 5.91 Å². The van der Waals surface area contributed by atoms with Crippen molar-refractivity contribution in [3.63, 3.8) is 0 Å². The number of anilines is 1. The van der Waals surface area contributed by atoms with Crippen molar-refractivity contribution in [1.29, 1.82) is 0 Å². The summed E-state index contributed by atoms with van der Waals surface area (Å²) in [6.07, 6.45) is -0.126. The number of fused-ring (bicyclic) bond motifs is 1. The van der Waals surface area contributed by atoms with Gasteiger partial charge in [0.1, 0.15) is 0 Å². The number of hydrogen-bond donors (Lipinski definition) is 2. The molecular formula is C16H19ClN2O5S. The molecule has 0 fully saturated rings. The van der Waals surface area contributed by atoms with Crippen LogP contribution in [0.3, 0.4) is 0 Å². The number of carbonyl (C=O) groups excluding carboxylic acids is 3. The van der Waals surface area contributed by atoms with E-state index in [-0.39, 0.29) is 18.4 Å². The molecule has 1 aliphatic heterocycles. The fourth-order valence-electron chi connectivity index (χ4n) is 2.22. The van der Waals surface area contributed by atoms with Crippen LogP contribution in [0.5, 0.6) is 0 Å². The highest BCUT2D eigenvalue weighted by Crippen LogP contribution is 2.38. The number of ether oxygens (including phenoxy) is 2. The van der Waals surface area contributed by atoms with Crippen molar-refractivity contribution < 1.29 is 23.9 Å². The van der Waals surface area contributed by atoms with Gasteiger partial charge in [0.05, 0.1) is 24.0 Å². The highest BCUT2D eigenvalue weighted by Gasteiger charge is 2.29. The summed E-state index contributed by atoms with van der Waals surface area (Å²) in [6, 6.07) is 4.97. The highest BCUT2D eigenvalue weighted by atomic mass is 35.5. The topological polar surface area (TPSA) is 93.7 Å². The van der Waals surface area contributed by atoms with Crippen molar-refractivity contribution >= 4 is 46.8 Å². The number of methoxy groups -OCH3 is 1. The van der Waals surface area contributed by atoms with Crippen LogP contribution in [0.25, 0.3) is 0 Å². The number of amides is 2. The van der Waals surface area contributed by atoms with E-state index < -0.39 is 23.7 Å². The highest BCUT2D eigenvalue weighted by molar-refractivity contribution is 8.01. The van der Waals surface area contributed by atoms with E-state index in [1.807, 2.05) is 0 Å². The molecule has 2 amide bonds. The molecule has 1 aliphatic rings. The van der Waals surface area contributed by atoms with Crippen molar-refractivity contribution in [2.24, 2.45) is 0 Å². The summed E-state index contributed by atoms with van der Waals surface area (Å²) in [5, 5.41) is 5.25. The molecule has 2 rings (SSSR count). The molecule has 0 saturated carbocycles. The Kier molecular flexibility index (Phi) is 7.10. The van der Waals surface area contributed by atoms with E-state index in [0.29, 0.717) is 17.3 Å². The van der Waals surface area contributed by atoms with Gasteiger partial charge in [-0.3, -0.25) is 14.4 Å². The van der Waals surface area contributed by atoms with Crippen molar-refractivity contribution in [1.82, 2.24) is 5.32 Å². The third-order valence-electron chi connectivity index (χ3n) is 3.30. The second-order valence-corrected chi connectivity index (χ2v) is 7.21. The molecule has 2 atom stereocenters. The standard InChI is InChI=1S/C16H19ClN2O5S/c1-9(7-23-2)18-14(20)8-24-15(21)6-13-16(22)19-11-5-10(17)3-4-12(11)25-13/h3-5,9,13H,6-8H2,1-2H3,(H,18,20)(H,19,22). The zero-order chi connectivity index (χ0) is 18.4. The Morgan fingerprint density at radius 2 is 2.20 bits per heavy atom. The van der Waals surface area contributed by atoms with Crippen LogP contribution < -0.4 is 10.6 Å². The Morgan fingerprint density at radius 3 is 2.92 bits per heavy atom. The largest absolute Gasteiger partial charge is 0.456 e. The number of benzene rings is 1. The van der Waals surface area contributed by atoms with Crippen molar-refractivity contribution in [3.05, 3.63) is 23.2 Å². The summed E-state index contributed by atoms with van der Waals surface area (Å²) in [4.78, 5) is 36.5. The first kappa shape index (κ1) is 19.6. The lowest BCUT2D eigenvalue weighted by Crippen LogP contribution is -2.38. The maximum atomic E-state index is 12.1. The van der Waals surface area contributed by atoms with Gasteiger partial charge >= 0.3 is 5.97 Å². The third kappa shape index (κ3) is 5.91. The number of nitrogens with one attached hydrogen (secondary N) is 2. The number of rotatable bonds is 7. The fraction of sp³-hybridized carbons (Fsp3) is 0.438. The first-order chi connectivity index (χ1) is 11.9. The van der Waals surface area contributed by atoms with Crippen LogP contribution in [0.1, 0.15) is 13.3 Å². The monoisotopic (exact) mass is 386 g/mol. The van der Waals surface area contributed by atoms with Gasteiger partial charge in [-0.2, -0.15) is 0 Å². The van der Waals surface area contributed by atoms with Crippen molar-refractivity contribution in [3.8, 4) is 0 Å². The Hall–Kier alpha value is -1.77. The molecule has 0 saturated heterocycles. The van der Waals surface area contributed by atoms with Gasteiger partial charge in [-0.05, 0) is 25.1 Å². The predicted molar refractivity (Wildman–Crippen MR) is 94.8 cm³/mol. The molecule has 1 aromatic carbocycles. The number of halogens is 1. The smallest absolute Gasteiger partial charge is 0.307 e. The first-order valence-electron chi connectivity index (χ1n) is 7.60. The Bertz CT molecular complexity index is 670. The minimum absolute atomic E-state index is 0.126. The summed E-state index contributed by atoms with van der Waals surface area (Å²) in [7, 11) is 1.53. The number of thioether (sulfide) groups is 1. The maximum absolute atomic E-state index is 12.1. The molecule has 1 heterocycles. The first-order valence-corrected chi connectivity index (χ1v) is 8.85. The SMILES string of the molecule is COCC(C)NC(=O)COC(=O)CC1Sc2ccc(Cl)cc2NC1=O. The number of hydrogen-bond acceptors (Lipinski definition) is 6. The summed E-state index contributed by atoms with van der Waals surface area (Å²) in [5.74, 6) is -1.33. The molecule has 2 unspecified atom stereocenters. The van der Waals surface area contributed by atoms with E-state index in [9.17, 15) is 14.4 Å². The summed E-state index contributed by atoms with van der Waals surface area (Å²) in [5.41, 5.74) is 0.624. The van der Waals surface area contributed by atoms with Crippen LogP contribution >= 0.6 is 23.4 Å². The van der Waals surface area contributed by atoms with Gasteiger partial charge < -0.3 is 20.1 Å². The van der Waals surface area contributed by atoms with E-state index in [4.69, 9.17) is 21.1 Å². The van der Waals surface area contributed by atoms with Crippen LogP contribution in [0, 0.1) is 0 Å². The minimum Gasteiger partial charge on any atom is -0.456 e. The van der Waals surface area contributed by atoms with E-state index in [2.05, 4.69) is 10.6 Å². The zero-order valence-electron chi connectivity index (χ0n) is 13.8. The van der Waals surface area contributed by atoms with Gasteiger partial charge in [-0.25, -0.2) is 0 Å². The van der Waals surface area contributed by atoms with Gasteiger partial charge in [0.25, 0.3) is 5.91 Å². The van der Waals surface area contributed by atoms with Crippen LogP contribution in [0.2, 0.25) is 5.02 Å². The van der Waals surface area contributed by atoms with E-state index in [0.717, 1.165) is 4.90 Å².